The lowest BCUT2D eigenvalue weighted by Crippen LogP contribution is -1.81. The van der Waals surface area contributed by atoms with Crippen molar-refractivity contribution in [2.75, 3.05) is 0 Å². The number of halogens is 2. The van der Waals surface area contributed by atoms with Crippen LogP contribution in [0.4, 0.5) is 0 Å². The van der Waals surface area contributed by atoms with Gasteiger partial charge in [-0.05, 0) is 23.8 Å². The summed E-state index contributed by atoms with van der Waals surface area (Å²) in [5.74, 6) is 0. The van der Waals surface area contributed by atoms with E-state index in [-0.39, 0.29) is 6.61 Å². The van der Waals surface area contributed by atoms with Crippen molar-refractivity contribution in [3.63, 3.8) is 0 Å². The molecule has 0 saturated carbocycles. The molecule has 0 aliphatic carbocycles. The fraction of sp³-hybridized carbons (Fsp3) is 0.143. The van der Waals surface area contributed by atoms with Gasteiger partial charge in [0.25, 0.3) is 0 Å². The molecule has 1 aromatic rings. The van der Waals surface area contributed by atoms with Crippen molar-refractivity contribution in [1.82, 2.24) is 0 Å². The molecule has 1 nitrogen and oxygen atoms in total. The van der Waals surface area contributed by atoms with Crippen molar-refractivity contribution in [2.24, 2.45) is 0 Å². The summed E-state index contributed by atoms with van der Waals surface area (Å²) in [7, 11) is 0. The zero-order valence-electron chi connectivity index (χ0n) is 5.14. The van der Waals surface area contributed by atoms with Gasteiger partial charge in [-0.15, -0.1) is 0 Å². The summed E-state index contributed by atoms with van der Waals surface area (Å²) in [4.78, 5) is 0. The van der Waals surface area contributed by atoms with Crippen LogP contribution in [0.5, 0.6) is 0 Å². The molecule has 0 aliphatic heterocycles. The Kier molecular flexibility index (Phi) is 2.89. The molecule has 0 fully saturated rings. The quantitative estimate of drug-likeness (QED) is 0.828. The van der Waals surface area contributed by atoms with E-state index < -0.39 is 0 Å². The molecule has 0 amide bonds. The predicted molar refractivity (Wildman–Crippen MR) is 47.8 cm³/mol. The van der Waals surface area contributed by atoms with E-state index in [4.69, 9.17) is 5.11 Å². The van der Waals surface area contributed by atoms with Crippen LogP contribution >= 0.6 is 31.9 Å². The van der Waals surface area contributed by atoms with E-state index in [2.05, 4.69) is 31.9 Å². The van der Waals surface area contributed by atoms with Crippen LogP contribution in [0.3, 0.4) is 0 Å². The van der Waals surface area contributed by atoms with Crippen molar-refractivity contribution in [3.05, 3.63) is 32.7 Å². The highest BCUT2D eigenvalue weighted by Gasteiger charge is 1.94. The minimum Gasteiger partial charge on any atom is -0.392 e. The third-order valence-corrected chi connectivity index (χ3v) is 2.02. The third kappa shape index (κ3) is 2.08. The second-order valence-corrected chi connectivity index (χ2v) is 3.77. The van der Waals surface area contributed by atoms with Crippen LogP contribution in [0.15, 0.2) is 27.1 Å². The van der Waals surface area contributed by atoms with Crippen LogP contribution in [0, 0.1) is 0 Å². The van der Waals surface area contributed by atoms with Crippen molar-refractivity contribution >= 4 is 31.9 Å². The highest BCUT2D eigenvalue weighted by molar-refractivity contribution is 9.11. The molecule has 0 aromatic heterocycles. The van der Waals surface area contributed by atoms with Gasteiger partial charge in [0.15, 0.2) is 0 Å². The largest absolute Gasteiger partial charge is 0.392 e. The molecule has 3 heteroatoms. The molecule has 0 saturated heterocycles. The van der Waals surface area contributed by atoms with Gasteiger partial charge in [0, 0.05) is 8.95 Å². The summed E-state index contributed by atoms with van der Waals surface area (Å²) in [6.07, 6.45) is 0. The SMILES string of the molecule is OCc1cc(Br)cc(Br)c1. The maximum absolute atomic E-state index is 8.74. The maximum atomic E-state index is 8.74. The molecule has 0 bridgehead atoms. The van der Waals surface area contributed by atoms with E-state index in [0.717, 1.165) is 14.5 Å². The summed E-state index contributed by atoms with van der Waals surface area (Å²) in [6, 6.07) is 5.69. The second-order valence-electron chi connectivity index (χ2n) is 1.94. The van der Waals surface area contributed by atoms with E-state index in [1.807, 2.05) is 18.2 Å². The van der Waals surface area contributed by atoms with Gasteiger partial charge in [-0.1, -0.05) is 31.9 Å². The first-order chi connectivity index (χ1) is 4.72. The highest BCUT2D eigenvalue weighted by Crippen LogP contribution is 2.19. The lowest BCUT2D eigenvalue weighted by molar-refractivity contribution is 0.281. The van der Waals surface area contributed by atoms with Crippen LogP contribution in [0.25, 0.3) is 0 Å². The molecule has 1 rings (SSSR count). The van der Waals surface area contributed by atoms with E-state index in [1.54, 1.807) is 0 Å². The zero-order chi connectivity index (χ0) is 7.56. The molecule has 1 aromatic carbocycles. The normalized spacial score (nSPS) is 9.90. The van der Waals surface area contributed by atoms with Gasteiger partial charge in [-0.25, -0.2) is 0 Å². The van der Waals surface area contributed by atoms with Gasteiger partial charge in [0.2, 0.25) is 0 Å². The molecular weight excluding hydrogens is 260 g/mol. The number of hydrogen-bond donors (Lipinski definition) is 1. The molecule has 0 radical (unpaired) electrons. The van der Waals surface area contributed by atoms with Gasteiger partial charge < -0.3 is 5.11 Å². The summed E-state index contributed by atoms with van der Waals surface area (Å²) in [5, 5.41) is 8.74. The van der Waals surface area contributed by atoms with Crippen LogP contribution in [0.2, 0.25) is 0 Å². The Labute approximate surface area is 76.3 Å². The molecule has 0 heterocycles. The van der Waals surface area contributed by atoms with Crippen LogP contribution in [0.1, 0.15) is 5.56 Å². The Balaban J connectivity index is 3.06. The first-order valence-electron chi connectivity index (χ1n) is 2.78. The average Bonchev–Trinajstić information content (AvgIpc) is 1.85. The predicted octanol–water partition coefficient (Wildman–Crippen LogP) is 2.70. The summed E-state index contributed by atoms with van der Waals surface area (Å²) in [5.41, 5.74) is 0.904. The number of aliphatic hydroxyl groups excluding tert-OH is 1. The summed E-state index contributed by atoms with van der Waals surface area (Å²) in [6.45, 7) is 0.0814. The summed E-state index contributed by atoms with van der Waals surface area (Å²) >= 11 is 6.63. The first-order valence-corrected chi connectivity index (χ1v) is 4.37. The lowest BCUT2D eigenvalue weighted by Gasteiger charge is -1.97. The number of rotatable bonds is 1. The molecule has 10 heavy (non-hydrogen) atoms. The fourth-order valence-electron chi connectivity index (χ4n) is 0.702. The summed E-state index contributed by atoms with van der Waals surface area (Å²) < 4.78 is 1.96. The van der Waals surface area contributed by atoms with Gasteiger partial charge >= 0.3 is 0 Å². The molecular formula is C7H6Br2O. The number of hydrogen-bond acceptors (Lipinski definition) is 1. The van der Waals surface area contributed by atoms with Crippen molar-refractivity contribution in [1.29, 1.82) is 0 Å². The average molecular weight is 266 g/mol. The third-order valence-electron chi connectivity index (χ3n) is 1.10. The van der Waals surface area contributed by atoms with Crippen molar-refractivity contribution in [2.45, 2.75) is 6.61 Å². The standard InChI is InChI=1S/C7H6Br2O/c8-6-1-5(4-10)2-7(9)3-6/h1-3,10H,4H2. The van der Waals surface area contributed by atoms with Gasteiger partial charge in [-0.3, -0.25) is 0 Å². The van der Waals surface area contributed by atoms with Gasteiger partial charge in [0.05, 0.1) is 6.61 Å². The molecule has 0 spiro atoms. The lowest BCUT2D eigenvalue weighted by atomic mass is 10.2. The molecule has 0 unspecified atom stereocenters. The van der Waals surface area contributed by atoms with Crippen LogP contribution in [-0.4, -0.2) is 5.11 Å². The number of benzene rings is 1. The Morgan fingerprint density at radius 2 is 1.60 bits per heavy atom. The van der Waals surface area contributed by atoms with Gasteiger partial charge in [-0.2, -0.15) is 0 Å². The van der Waals surface area contributed by atoms with E-state index in [9.17, 15) is 0 Å². The Morgan fingerprint density at radius 3 is 2.00 bits per heavy atom. The van der Waals surface area contributed by atoms with E-state index >= 15 is 0 Å². The topological polar surface area (TPSA) is 20.2 Å². The van der Waals surface area contributed by atoms with Crippen molar-refractivity contribution < 1.29 is 5.11 Å². The molecule has 0 aliphatic rings. The highest BCUT2D eigenvalue weighted by atomic mass is 79.9. The minimum absolute atomic E-state index is 0.0814. The van der Waals surface area contributed by atoms with E-state index in [1.165, 1.54) is 0 Å². The second kappa shape index (κ2) is 3.51. The Hall–Kier alpha value is 0.140. The monoisotopic (exact) mass is 264 g/mol. The minimum atomic E-state index is 0.0814. The number of aliphatic hydroxyl groups is 1. The van der Waals surface area contributed by atoms with Gasteiger partial charge in [0.1, 0.15) is 0 Å². The fourth-order valence-corrected chi connectivity index (χ4v) is 2.09. The molecule has 54 valence electrons. The van der Waals surface area contributed by atoms with E-state index in [0.29, 0.717) is 0 Å². The smallest absolute Gasteiger partial charge is 0.0682 e. The Morgan fingerprint density at radius 1 is 1.10 bits per heavy atom. The van der Waals surface area contributed by atoms with Crippen LogP contribution < -0.4 is 0 Å². The first kappa shape index (κ1) is 8.24. The molecule has 0 atom stereocenters. The molecule has 1 N–H and O–H groups in total. The Bertz CT molecular complexity index is 215. The van der Waals surface area contributed by atoms with Crippen LogP contribution in [-0.2, 0) is 6.61 Å². The maximum Gasteiger partial charge on any atom is 0.0682 e. The van der Waals surface area contributed by atoms with Crippen molar-refractivity contribution in [3.8, 4) is 0 Å². The zero-order valence-corrected chi connectivity index (χ0v) is 8.31.